The third-order valence-corrected chi connectivity index (χ3v) is 1.83. The van der Waals surface area contributed by atoms with Crippen LogP contribution in [-0.2, 0) is 9.53 Å². The second-order valence-electron chi connectivity index (χ2n) is 2.84. The number of rotatable bonds is 5. The van der Waals surface area contributed by atoms with Gasteiger partial charge in [-0.15, -0.1) is 5.10 Å². The number of aromatic nitrogens is 3. The summed E-state index contributed by atoms with van der Waals surface area (Å²) in [6, 6.07) is 0. The summed E-state index contributed by atoms with van der Waals surface area (Å²) in [5, 5.41) is 8.82. The molecule has 0 atom stereocenters. The van der Waals surface area contributed by atoms with Crippen molar-refractivity contribution in [3.8, 4) is 0 Å². The predicted molar refractivity (Wildman–Crippen MR) is 59.8 cm³/mol. The third-order valence-electron chi connectivity index (χ3n) is 1.64. The molecule has 1 aromatic heterocycles. The minimum atomic E-state index is -0.424. The zero-order chi connectivity index (χ0) is 12.0. The van der Waals surface area contributed by atoms with E-state index in [4.69, 9.17) is 4.74 Å². The Labute approximate surface area is 96.2 Å². The Balaban J connectivity index is 2.46. The predicted octanol–water partition coefficient (Wildman–Crippen LogP) is 0.193. The van der Waals surface area contributed by atoms with E-state index in [1.54, 1.807) is 6.92 Å². The second-order valence-corrected chi connectivity index (χ2v) is 3.25. The lowest BCUT2D eigenvalue weighted by Gasteiger charge is -2.03. The number of nitrogens with one attached hydrogen (secondary N) is 3. The summed E-state index contributed by atoms with van der Waals surface area (Å²) in [6.07, 6.45) is 0.171. The maximum absolute atomic E-state index is 11.3. The Kier molecular flexibility index (Phi) is 4.65. The van der Waals surface area contributed by atoms with E-state index in [9.17, 15) is 9.59 Å². The zero-order valence-electron chi connectivity index (χ0n) is 8.70. The average molecular weight is 244 g/mol. The van der Waals surface area contributed by atoms with Crippen molar-refractivity contribution in [1.29, 1.82) is 0 Å². The van der Waals surface area contributed by atoms with E-state index in [2.05, 4.69) is 32.7 Å². The van der Waals surface area contributed by atoms with Crippen molar-refractivity contribution in [3.63, 3.8) is 0 Å². The summed E-state index contributed by atoms with van der Waals surface area (Å²) in [6.45, 7) is 2.35. The van der Waals surface area contributed by atoms with Crippen LogP contribution in [0.25, 0.3) is 0 Å². The van der Waals surface area contributed by atoms with Crippen molar-refractivity contribution in [1.82, 2.24) is 15.2 Å². The van der Waals surface area contributed by atoms with Crippen LogP contribution in [0.3, 0.4) is 0 Å². The highest BCUT2D eigenvalue weighted by molar-refractivity contribution is 7.71. The molecule has 0 saturated carbocycles. The molecule has 0 unspecified atom stereocenters. The summed E-state index contributed by atoms with van der Waals surface area (Å²) in [4.78, 5) is 24.6. The number of H-pyrrole nitrogens is 2. The first-order chi connectivity index (χ1) is 7.63. The van der Waals surface area contributed by atoms with Gasteiger partial charge in [0.25, 0.3) is 5.56 Å². The molecular formula is C8H12N4O3S. The lowest BCUT2D eigenvalue weighted by molar-refractivity contribution is -0.142. The van der Waals surface area contributed by atoms with Crippen molar-refractivity contribution in [3.05, 3.63) is 15.1 Å². The van der Waals surface area contributed by atoms with Crippen molar-refractivity contribution in [2.75, 3.05) is 18.5 Å². The molecule has 0 spiro atoms. The van der Waals surface area contributed by atoms with Crippen LogP contribution in [-0.4, -0.2) is 34.3 Å². The molecule has 0 radical (unpaired) electrons. The Bertz CT molecular complexity index is 467. The molecule has 8 heteroatoms. The van der Waals surface area contributed by atoms with Gasteiger partial charge in [0.1, 0.15) is 0 Å². The smallest absolute Gasteiger partial charge is 0.307 e. The van der Waals surface area contributed by atoms with Crippen LogP contribution in [0.2, 0.25) is 0 Å². The van der Waals surface area contributed by atoms with Gasteiger partial charge < -0.3 is 10.1 Å². The Morgan fingerprint density at radius 2 is 2.38 bits per heavy atom. The van der Waals surface area contributed by atoms with E-state index in [-0.39, 0.29) is 29.5 Å². The summed E-state index contributed by atoms with van der Waals surface area (Å²) in [5.74, 6) is -0.229. The normalized spacial score (nSPS) is 9.81. The Morgan fingerprint density at radius 1 is 1.62 bits per heavy atom. The highest BCUT2D eigenvalue weighted by Crippen LogP contribution is 1.91. The fraction of sp³-hybridized carbons (Fsp3) is 0.500. The molecule has 16 heavy (non-hydrogen) atoms. The topological polar surface area (TPSA) is 99.9 Å². The molecule has 1 aromatic rings. The van der Waals surface area contributed by atoms with Crippen molar-refractivity contribution in [2.24, 2.45) is 0 Å². The third kappa shape index (κ3) is 3.81. The fourth-order valence-corrected chi connectivity index (χ4v) is 1.12. The number of hydrogen-bond acceptors (Lipinski definition) is 6. The molecule has 0 bridgehead atoms. The van der Waals surface area contributed by atoms with E-state index in [0.29, 0.717) is 6.61 Å². The monoisotopic (exact) mass is 244 g/mol. The quantitative estimate of drug-likeness (QED) is 0.505. The highest BCUT2D eigenvalue weighted by Gasteiger charge is 2.03. The number of carbonyl (C=O) groups is 1. The zero-order valence-corrected chi connectivity index (χ0v) is 9.52. The SMILES string of the molecule is CCOC(=O)CCNc1n[nH]c(=S)[nH]c1=O. The van der Waals surface area contributed by atoms with Crippen molar-refractivity contribution < 1.29 is 9.53 Å². The van der Waals surface area contributed by atoms with Crippen LogP contribution in [0.1, 0.15) is 13.3 Å². The number of hydrogen-bond donors (Lipinski definition) is 3. The molecule has 1 rings (SSSR count). The number of anilines is 1. The van der Waals surface area contributed by atoms with Crippen molar-refractivity contribution in [2.45, 2.75) is 13.3 Å². The minimum Gasteiger partial charge on any atom is -0.466 e. The molecule has 88 valence electrons. The second kappa shape index (κ2) is 6.01. The van der Waals surface area contributed by atoms with Gasteiger partial charge in [0, 0.05) is 6.54 Å². The highest BCUT2D eigenvalue weighted by atomic mass is 32.1. The van der Waals surface area contributed by atoms with Gasteiger partial charge in [0.2, 0.25) is 5.82 Å². The van der Waals surface area contributed by atoms with E-state index in [1.807, 2.05) is 0 Å². The van der Waals surface area contributed by atoms with Gasteiger partial charge >= 0.3 is 5.97 Å². The molecule has 3 N–H and O–H groups in total. The van der Waals surface area contributed by atoms with Crippen LogP contribution >= 0.6 is 12.2 Å². The van der Waals surface area contributed by atoms with E-state index in [0.717, 1.165) is 0 Å². The standard InChI is InChI=1S/C8H12N4O3S/c1-2-15-5(13)3-4-9-6-7(14)10-8(16)12-11-6/h2-4H2,1H3,(H,9,11)(H2,10,12,14,16). The van der Waals surface area contributed by atoms with Crippen LogP contribution in [0, 0.1) is 4.77 Å². The van der Waals surface area contributed by atoms with Crippen LogP contribution in [0.15, 0.2) is 4.79 Å². The molecular weight excluding hydrogens is 232 g/mol. The number of nitrogens with zero attached hydrogens (tertiary/aromatic N) is 1. The lowest BCUT2D eigenvalue weighted by atomic mass is 10.4. The molecule has 0 aliphatic carbocycles. The molecule has 0 saturated heterocycles. The number of carbonyl (C=O) groups excluding carboxylic acids is 1. The maximum atomic E-state index is 11.3. The Hall–Kier alpha value is -1.70. The minimum absolute atomic E-state index is 0.0953. The summed E-state index contributed by atoms with van der Waals surface area (Å²) in [5.41, 5.74) is -0.424. The lowest BCUT2D eigenvalue weighted by Crippen LogP contribution is -2.20. The average Bonchev–Trinajstić information content (AvgIpc) is 2.22. The Morgan fingerprint density at radius 3 is 3.00 bits per heavy atom. The number of esters is 1. The van der Waals surface area contributed by atoms with Gasteiger partial charge in [0.05, 0.1) is 13.0 Å². The summed E-state index contributed by atoms with van der Waals surface area (Å²) >= 11 is 4.67. The van der Waals surface area contributed by atoms with Crippen LogP contribution in [0.4, 0.5) is 5.82 Å². The van der Waals surface area contributed by atoms with Gasteiger partial charge in [0.15, 0.2) is 4.77 Å². The molecule has 1 heterocycles. The molecule has 0 amide bonds. The van der Waals surface area contributed by atoms with E-state index >= 15 is 0 Å². The van der Waals surface area contributed by atoms with Crippen LogP contribution < -0.4 is 10.9 Å². The largest absolute Gasteiger partial charge is 0.466 e. The van der Waals surface area contributed by atoms with E-state index < -0.39 is 5.56 Å². The van der Waals surface area contributed by atoms with Gasteiger partial charge in [-0.2, -0.15) is 0 Å². The summed E-state index contributed by atoms with van der Waals surface area (Å²) < 4.78 is 4.87. The van der Waals surface area contributed by atoms with E-state index in [1.165, 1.54) is 0 Å². The molecule has 0 aliphatic heterocycles. The van der Waals surface area contributed by atoms with Crippen LogP contribution in [0.5, 0.6) is 0 Å². The molecule has 0 fully saturated rings. The fourth-order valence-electron chi connectivity index (χ4n) is 0.984. The first-order valence-electron chi connectivity index (χ1n) is 4.72. The number of ether oxygens (including phenoxy) is 1. The van der Waals surface area contributed by atoms with Gasteiger partial charge in [-0.1, -0.05) is 0 Å². The van der Waals surface area contributed by atoms with Gasteiger partial charge in [-0.25, -0.2) is 0 Å². The van der Waals surface area contributed by atoms with Crippen molar-refractivity contribution >= 4 is 24.0 Å². The number of aromatic amines is 2. The first-order valence-corrected chi connectivity index (χ1v) is 5.12. The molecule has 0 aromatic carbocycles. The van der Waals surface area contributed by atoms with Gasteiger partial charge in [-0.05, 0) is 19.1 Å². The molecule has 7 nitrogen and oxygen atoms in total. The maximum Gasteiger partial charge on any atom is 0.307 e. The first kappa shape index (κ1) is 12.4. The molecule has 0 aliphatic rings. The summed E-state index contributed by atoms with van der Waals surface area (Å²) in [7, 11) is 0. The van der Waals surface area contributed by atoms with Gasteiger partial charge in [-0.3, -0.25) is 19.7 Å².